The van der Waals surface area contributed by atoms with Gasteiger partial charge in [-0.25, -0.2) is 4.39 Å². The summed E-state index contributed by atoms with van der Waals surface area (Å²) in [7, 11) is 0. The molecule has 4 aliphatic rings. The minimum absolute atomic E-state index is 0.301. The van der Waals surface area contributed by atoms with Crippen LogP contribution in [-0.4, -0.2) is 16.7 Å². The Morgan fingerprint density at radius 3 is 2.62 bits per heavy atom. The summed E-state index contributed by atoms with van der Waals surface area (Å²) in [4.78, 5) is 11.3. The van der Waals surface area contributed by atoms with Crippen LogP contribution >= 0.6 is 0 Å². The number of hydrogen-bond acceptors (Lipinski definition) is 1. The molecule has 3 fully saturated rings. The van der Waals surface area contributed by atoms with E-state index in [1.54, 1.807) is 19.4 Å². The first-order chi connectivity index (χ1) is 14.9. The van der Waals surface area contributed by atoms with Crippen LogP contribution in [0.25, 0.3) is 0 Å². The van der Waals surface area contributed by atoms with E-state index in [0.29, 0.717) is 35.5 Å². The molecule has 0 saturated heterocycles. The van der Waals surface area contributed by atoms with Crippen LogP contribution in [-0.2, 0) is 4.79 Å². The molecule has 0 radical (unpaired) electrons. The number of rotatable bonds is 7. The molecule has 182 valence electrons. The molecular weight excluding hydrogens is 399 g/mol. The number of halogens is 1. The average molecular weight is 447 g/mol. The largest absolute Gasteiger partial charge is 0.481 e. The Morgan fingerprint density at radius 2 is 1.94 bits per heavy atom. The van der Waals surface area contributed by atoms with Crippen LogP contribution in [0.4, 0.5) is 4.39 Å². The Labute approximate surface area is 195 Å². The minimum Gasteiger partial charge on any atom is -0.481 e. The minimum atomic E-state index is -1.04. The first-order valence-electron chi connectivity index (χ1n) is 13.5. The molecule has 3 unspecified atom stereocenters. The van der Waals surface area contributed by atoms with Gasteiger partial charge in [0.1, 0.15) is 5.67 Å². The van der Waals surface area contributed by atoms with Gasteiger partial charge in [0, 0.05) is 6.42 Å². The second-order valence-electron chi connectivity index (χ2n) is 13.3. The SMILES string of the molecule is C[C@H](CCCC(C)(C)F)[C@H]1CCC2C3CC=C4C[C@@H](CC(=O)O)CC[C@]4(C)C3CC[C@@]21C. The lowest BCUT2D eigenvalue weighted by Gasteiger charge is -2.58. The molecule has 0 bridgehead atoms. The highest BCUT2D eigenvalue weighted by molar-refractivity contribution is 5.67. The zero-order valence-corrected chi connectivity index (χ0v) is 21.3. The van der Waals surface area contributed by atoms with Crippen molar-refractivity contribution in [1.29, 1.82) is 0 Å². The Balaban J connectivity index is 1.45. The lowest BCUT2D eigenvalue weighted by Crippen LogP contribution is -2.50. The molecule has 4 aliphatic carbocycles. The number of carboxylic acid groups (broad SMARTS) is 1. The molecule has 0 aliphatic heterocycles. The highest BCUT2D eigenvalue weighted by Crippen LogP contribution is 2.67. The van der Waals surface area contributed by atoms with E-state index in [1.165, 1.54) is 44.9 Å². The predicted octanol–water partition coefficient (Wildman–Crippen LogP) is 8.21. The van der Waals surface area contributed by atoms with Crippen molar-refractivity contribution in [1.82, 2.24) is 0 Å². The molecule has 0 aromatic heterocycles. The summed E-state index contributed by atoms with van der Waals surface area (Å²) >= 11 is 0. The highest BCUT2D eigenvalue weighted by Gasteiger charge is 2.59. The second-order valence-corrected chi connectivity index (χ2v) is 13.3. The van der Waals surface area contributed by atoms with Gasteiger partial charge in [-0.2, -0.15) is 0 Å². The van der Waals surface area contributed by atoms with E-state index >= 15 is 0 Å². The maximum absolute atomic E-state index is 14.0. The first kappa shape index (κ1) is 24.3. The molecule has 8 atom stereocenters. The van der Waals surface area contributed by atoms with Gasteiger partial charge in [-0.1, -0.05) is 45.3 Å². The van der Waals surface area contributed by atoms with Crippen LogP contribution in [0.3, 0.4) is 0 Å². The van der Waals surface area contributed by atoms with E-state index in [2.05, 4.69) is 26.8 Å². The number of carboxylic acids is 1. The van der Waals surface area contributed by atoms with Crippen LogP contribution < -0.4 is 0 Å². The second kappa shape index (κ2) is 8.73. The molecule has 0 amide bonds. The molecule has 32 heavy (non-hydrogen) atoms. The van der Waals surface area contributed by atoms with E-state index < -0.39 is 11.6 Å². The van der Waals surface area contributed by atoms with E-state index in [1.807, 2.05) is 0 Å². The smallest absolute Gasteiger partial charge is 0.303 e. The van der Waals surface area contributed by atoms with Crippen molar-refractivity contribution in [2.24, 2.45) is 46.3 Å². The van der Waals surface area contributed by atoms with E-state index in [0.717, 1.165) is 42.9 Å². The van der Waals surface area contributed by atoms with Gasteiger partial charge >= 0.3 is 5.97 Å². The van der Waals surface area contributed by atoms with Crippen molar-refractivity contribution in [2.75, 3.05) is 0 Å². The van der Waals surface area contributed by atoms with Gasteiger partial charge in [0.25, 0.3) is 0 Å². The Kier molecular flexibility index (Phi) is 6.62. The summed E-state index contributed by atoms with van der Waals surface area (Å²) in [6.45, 7) is 11.0. The molecule has 3 saturated carbocycles. The molecule has 2 nitrogen and oxygen atoms in total. The maximum atomic E-state index is 14.0. The van der Waals surface area contributed by atoms with Crippen LogP contribution in [0.2, 0.25) is 0 Å². The number of carbonyl (C=O) groups is 1. The summed E-state index contributed by atoms with van der Waals surface area (Å²) in [6.07, 6.45) is 15.7. The molecule has 0 spiro atoms. The van der Waals surface area contributed by atoms with Gasteiger partial charge in [-0.3, -0.25) is 4.79 Å². The molecule has 0 aromatic carbocycles. The fourth-order valence-corrected chi connectivity index (χ4v) is 9.18. The molecule has 1 N–H and O–H groups in total. The van der Waals surface area contributed by atoms with Gasteiger partial charge in [-0.05, 0) is 118 Å². The molecule has 3 heteroatoms. The van der Waals surface area contributed by atoms with Crippen LogP contribution in [0.1, 0.15) is 112 Å². The van der Waals surface area contributed by atoms with Gasteiger partial charge in [0.15, 0.2) is 0 Å². The van der Waals surface area contributed by atoms with E-state index in [9.17, 15) is 14.3 Å². The van der Waals surface area contributed by atoms with Crippen LogP contribution in [0.5, 0.6) is 0 Å². The third-order valence-electron chi connectivity index (χ3n) is 10.9. The summed E-state index contributed by atoms with van der Waals surface area (Å²) in [5.41, 5.74) is 1.31. The monoisotopic (exact) mass is 446 g/mol. The highest BCUT2D eigenvalue weighted by atomic mass is 19.1. The third-order valence-corrected chi connectivity index (χ3v) is 10.9. The molecule has 0 heterocycles. The van der Waals surface area contributed by atoms with Crippen molar-refractivity contribution in [2.45, 2.75) is 117 Å². The zero-order valence-electron chi connectivity index (χ0n) is 21.3. The molecule has 0 aromatic rings. The number of aliphatic carboxylic acids is 1. The van der Waals surface area contributed by atoms with Crippen molar-refractivity contribution in [3.63, 3.8) is 0 Å². The van der Waals surface area contributed by atoms with Gasteiger partial charge < -0.3 is 5.11 Å². The van der Waals surface area contributed by atoms with Crippen LogP contribution in [0.15, 0.2) is 11.6 Å². The lowest BCUT2D eigenvalue weighted by atomic mass is 9.46. The Hall–Kier alpha value is -0.860. The van der Waals surface area contributed by atoms with Crippen molar-refractivity contribution >= 4 is 5.97 Å². The third kappa shape index (κ3) is 4.43. The van der Waals surface area contributed by atoms with Crippen molar-refractivity contribution < 1.29 is 14.3 Å². The van der Waals surface area contributed by atoms with Crippen LogP contribution in [0, 0.1) is 46.3 Å². The summed E-state index contributed by atoms with van der Waals surface area (Å²) in [5.74, 6) is 3.61. The Morgan fingerprint density at radius 1 is 1.19 bits per heavy atom. The number of fused-ring (bicyclic) bond motifs is 5. The normalized spacial score (nSPS) is 42.4. The Bertz CT molecular complexity index is 736. The fourth-order valence-electron chi connectivity index (χ4n) is 9.18. The zero-order chi connectivity index (χ0) is 23.3. The topological polar surface area (TPSA) is 37.3 Å². The average Bonchev–Trinajstić information content (AvgIpc) is 3.04. The van der Waals surface area contributed by atoms with Gasteiger partial charge in [-0.15, -0.1) is 0 Å². The maximum Gasteiger partial charge on any atom is 0.303 e. The number of hydrogen-bond donors (Lipinski definition) is 1. The summed E-state index contributed by atoms with van der Waals surface area (Å²) in [6, 6.07) is 0. The molecule has 4 rings (SSSR count). The van der Waals surface area contributed by atoms with E-state index in [4.69, 9.17) is 0 Å². The summed E-state index contributed by atoms with van der Waals surface area (Å²) < 4.78 is 14.0. The van der Waals surface area contributed by atoms with E-state index in [-0.39, 0.29) is 0 Å². The number of allylic oxidation sites excluding steroid dienone is 2. The molecular formula is C29H47FO2. The quantitative estimate of drug-likeness (QED) is 0.400. The van der Waals surface area contributed by atoms with Crippen molar-refractivity contribution in [3.05, 3.63) is 11.6 Å². The van der Waals surface area contributed by atoms with Crippen molar-refractivity contribution in [3.8, 4) is 0 Å². The standard InChI is InChI=1S/C29H47FO2/c1-19(7-6-14-27(2,3)30)23-10-11-24-22-9-8-21-17-20(18-26(31)32)12-15-28(21,4)25(22)13-16-29(23,24)5/h8,19-20,22-25H,6-7,9-18H2,1-5H3,(H,31,32)/t19-,20+,22?,23-,24?,25?,28+,29-/m1/s1. The fraction of sp³-hybridized carbons (Fsp3) is 0.897. The summed E-state index contributed by atoms with van der Waals surface area (Å²) in [5, 5.41) is 9.27. The lowest BCUT2D eigenvalue weighted by molar-refractivity contribution is -0.138. The number of alkyl halides is 1. The predicted molar refractivity (Wildman–Crippen MR) is 129 cm³/mol. The van der Waals surface area contributed by atoms with Gasteiger partial charge in [0.2, 0.25) is 0 Å². The first-order valence-corrected chi connectivity index (χ1v) is 13.5. The van der Waals surface area contributed by atoms with Gasteiger partial charge in [0.05, 0.1) is 0 Å².